The van der Waals surface area contributed by atoms with Crippen LogP contribution in [0.4, 0.5) is 5.13 Å². The molecule has 94 valence electrons. The molecule has 0 saturated heterocycles. The van der Waals surface area contributed by atoms with Crippen LogP contribution < -0.4 is 5.32 Å². The van der Waals surface area contributed by atoms with Crippen molar-refractivity contribution in [3.8, 4) is 0 Å². The Kier molecular flexibility index (Phi) is 5.41. The highest BCUT2D eigenvalue weighted by atomic mass is 32.1. The molecule has 0 amide bonds. The van der Waals surface area contributed by atoms with Crippen LogP contribution in [0.2, 0.25) is 0 Å². The molecular formula is C10H14N2O4S. The summed E-state index contributed by atoms with van der Waals surface area (Å²) in [4.78, 5) is 26.0. The van der Waals surface area contributed by atoms with Crippen molar-refractivity contribution in [3.63, 3.8) is 0 Å². The second-order valence-electron chi connectivity index (χ2n) is 3.15. The highest BCUT2D eigenvalue weighted by Gasteiger charge is 2.06. The second kappa shape index (κ2) is 6.85. The lowest BCUT2D eigenvalue weighted by atomic mass is 10.2. The fourth-order valence-electron chi connectivity index (χ4n) is 1.06. The van der Waals surface area contributed by atoms with Gasteiger partial charge in [-0.15, -0.1) is 11.3 Å². The summed E-state index contributed by atoms with van der Waals surface area (Å²) in [5.74, 6) is -0.613. The van der Waals surface area contributed by atoms with Gasteiger partial charge in [0.2, 0.25) is 0 Å². The minimum atomic E-state index is -0.351. The monoisotopic (exact) mass is 258 g/mol. The van der Waals surface area contributed by atoms with Gasteiger partial charge in [0.1, 0.15) is 6.54 Å². The third-order valence-electron chi connectivity index (χ3n) is 1.98. The summed E-state index contributed by atoms with van der Waals surface area (Å²) in [6.07, 6.45) is 0.833. The van der Waals surface area contributed by atoms with Crippen LogP contribution in [0.5, 0.6) is 0 Å². The third-order valence-corrected chi connectivity index (χ3v) is 2.83. The summed E-state index contributed by atoms with van der Waals surface area (Å²) in [7, 11) is 2.68. The molecule has 1 heterocycles. The number of carbonyl (C=O) groups is 2. The summed E-state index contributed by atoms with van der Waals surface area (Å²) in [5, 5.41) is 5.30. The number of ether oxygens (including phenoxy) is 2. The zero-order valence-electron chi connectivity index (χ0n) is 9.69. The van der Waals surface area contributed by atoms with Crippen LogP contribution in [0.25, 0.3) is 0 Å². The molecule has 0 bridgehead atoms. The van der Waals surface area contributed by atoms with E-state index in [0.29, 0.717) is 18.0 Å². The summed E-state index contributed by atoms with van der Waals surface area (Å²) < 4.78 is 9.02. The second-order valence-corrected chi connectivity index (χ2v) is 4.01. The van der Waals surface area contributed by atoms with Gasteiger partial charge in [-0.05, 0) is 0 Å². The number of anilines is 1. The molecule has 1 aromatic rings. The molecule has 0 atom stereocenters. The number of thiazole rings is 1. The number of hydrogen-bond donors (Lipinski definition) is 1. The van der Waals surface area contributed by atoms with Gasteiger partial charge in [-0.1, -0.05) is 0 Å². The zero-order chi connectivity index (χ0) is 12.7. The molecule has 7 heteroatoms. The Morgan fingerprint density at radius 3 is 2.71 bits per heavy atom. The first-order valence-electron chi connectivity index (χ1n) is 4.97. The van der Waals surface area contributed by atoms with Crippen molar-refractivity contribution >= 4 is 28.4 Å². The highest BCUT2D eigenvalue weighted by molar-refractivity contribution is 7.13. The van der Waals surface area contributed by atoms with E-state index in [0.717, 1.165) is 5.69 Å². The van der Waals surface area contributed by atoms with Crippen molar-refractivity contribution in [3.05, 3.63) is 11.1 Å². The van der Waals surface area contributed by atoms with Crippen LogP contribution in [0.15, 0.2) is 5.38 Å². The van der Waals surface area contributed by atoms with Gasteiger partial charge in [0.25, 0.3) is 0 Å². The van der Waals surface area contributed by atoms with Crippen molar-refractivity contribution in [1.29, 1.82) is 0 Å². The fraction of sp³-hybridized carbons (Fsp3) is 0.500. The maximum Gasteiger partial charge on any atom is 0.325 e. The average Bonchev–Trinajstić information content (AvgIpc) is 2.80. The van der Waals surface area contributed by atoms with Crippen molar-refractivity contribution < 1.29 is 19.1 Å². The standard InChI is InChI=1S/C10H14N2O4S/c1-15-8(13)4-3-7-6-17-10(12-7)11-5-9(14)16-2/h6H,3-5H2,1-2H3,(H,11,12). The molecule has 0 spiro atoms. The lowest BCUT2D eigenvalue weighted by Crippen LogP contribution is -2.14. The van der Waals surface area contributed by atoms with Crippen LogP contribution in [0.3, 0.4) is 0 Å². The predicted octanol–water partition coefficient (Wildman–Crippen LogP) is 0.834. The smallest absolute Gasteiger partial charge is 0.325 e. The van der Waals surface area contributed by atoms with Gasteiger partial charge in [-0.3, -0.25) is 9.59 Å². The molecular weight excluding hydrogens is 244 g/mol. The zero-order valence-corrected chi connectivity index (χ0v) is 10.5. The van der Waals surface area contributed by atoms with Gasteiger partial charge in [0, 0.05) is 11.8 Å². The van der Waals surface area contributed by atoms with E-state index in [9.17, 15) is 9.59 Å². The van der Waals surface area contributed by atoms with Gasteiger partial charge in [-0.25, -0.2) is 4.98 Å². The number of hydrogen-bond acceptors (Lipinski definition) is 7. The Bertz CT molecular complexity index is 357. The van der Waals surface area contributed by atoms with E-state index in [-0.39, 0.29) is 18.5 Å². The van der Waals surface area contributed by atoms with Crippen LogP contribution in [0.1, 0.15) is 12.1 Å². The van der Waals surface area contributed by atoms with E-state index in [2.05, 4.69) is 19.8 Å². The van der Waals surface area contributed by atoms with Crippen LogP contribution in [0, 0.1) is 0 Å². The molecule has 0 aromatic carbocycles. The van der Waals surface area contributed by atoms with E-state index < -0.39 is 0 Å². The molecule has 0 saturated carbocycles. The lowest BCUT2D eigenvalue weighted by molar-refractivity contribution is -0.140. The number of carbonyl (C=O) groups excluding carboxylic acids is 2. The van der Waals surface area contributed by atoms with Crippen LogP contribution in [-0.2, 0) is 25.5 Å². The normalized spacial score (nSPS) is 9.76. The molecule has 0 aliphatic heterocycles. The largest absolute Gasteiger partial charge is 0.469 e. The molecule has 1 rings (SSSR count). The number of aryl methyl sites for hydroxylation is 1. The fourth-order valence-corrected chi connectivity index (χ4v) is 1.80. The first-order chi connectivity index (χ1) is 8.15. The van der Waals surface area contributed by atoms with E-state index in [4.69, 9.17) is 0 Å². The van der Waals surface area contributed by atoms with Crippen LogP contribution >= 0.6 is 11.3 Å². The molecule has 1 aromatic heterocycles. The Morgan fingerprint density at radius 2 is 2.06 bits per heavy atom. The molecule has 0 radical (unpaired) electrons. The van der Waals surface area contributed by atoms with E-state index >= 15 is 0 Å². The molecule has 0 aliphatic rings. The van der Waals surface area contributed by atoms with E-state index in [1.807, 2.05) is 5.38 Å². The summed E-state index contributed by atoms with van der Waals surface area (Å²) in [5.41, 5.74) is 0.799. The van der Waals surface area contributed by atoms with Crippen molar-refractivity contribution in [2.45, 2.75) is 12.8 Å². The van der Waals surface area contributed by atoms with E-state index in [1.54, 1.807) is 0 Å². The maximum atomic E-state index is 10.9. The minimum absolute atomic E-state index is 0.0838. The number of rotatable bonds is 6. The van der Waals surface area contributed by atoms with Gasteiger partial charge < -0.3 is 14.8 Å². The first kappa shape index (κ1) is 13.4. The van der Waals surface area contributed by atoms with Crippen molar-refractivity contribution in [2.24, 2.45) is 0 Å². The number of aromatic nitrogens is 1. The van der Waals surface area contributed by atoms with Crippen LogP contribution in [-0.4, -0.2) is 37.7 Å². The van der Waals surface area contributed by atoms with Crippen molar-refractivity contribution in [1.82, 2.24) is 4.98 Å². The maximum absolute atomic E-state index is 10.9. The Morgan fingerprint density at radius 1 is 1.35 bits per heavy atom. The summed E-state index contributed by atoms with van der Waals surface area (Å²) in [6, 6.07) is 0. The number of methoxy groups -OCH3 is 2. The Labute approximate surface area is 103 Å². The van der Waals surface area contributed by atoms with Gasteiger partial charge >= 0.3 is 11.9 Å². The molecule has 1 N–H and O–H groups in total. The van der Waals surface area contributed by atoms with Gasteiger partial charge in [-0.2, -0.15) is 0 Å². The quantitative estimate of drug-likeness (QED) is 0.762. The molecule has 6 nitrogen and oxygen atoms in total. The number of nitrogens with one attached hydrogen (secondary N) is 1. The third kappa shape index (κ3) is 4.81. The lowest BCUT2D eigenvalue weighted by Gasteiger charge is -1.99. The minimum Gasteiger partial charge on any atom is -0.469 e. The highest BCUT2D eigenvalue weighted by Crippen LogP contribution is 2.16. The summed E-state index contributed by atoms with van der Waals surface area (Å²) >= 11 is 1.38. The molecule has 0 aliphatic carbocycles. The molecule has 17 heavy (non-hydrogen) atoms. The predicted molar refractivity (Wildman–Crippen MR) is 63.0 cm³/mol. The Hall–Kier alpha value is -1.63. The van der Waals surface area contributed by atoms with Gasteiger partial charge in [0.15, 0.2) is 5.13 Å². The van der Waals surface area contributed by atoms with Gasteiger partial charge in [0.05, 0.1) is 26.3 Å². The Balaban J connectivity index is 2.37. The number of nitrogens with zero attached hydrogens (tertiary/aromatic N) is 1. The van der Waals surface area contributed by atoms with E-state index in [1.165, 1.54) is 25.6 Å². The molecule has 0 fully saturated rings. The molecule has 0 unspecified atom stereocenters. The summed E-state index contributed by atoms with van der Waals surface area (Å²) in [6.45, 7) is 0.0838. The SMILES string of the molecule is COC(=O)CCc1csc(NCC(=O)OC)n1. The number of esters is 2. The first-order valence-corrected chi connectivity index (χ1v) is 5.85. The topological polar surface area (TPSA) is 77.5 Å². The average molecular weight is 258 g/mol. The van der Waals surface area contributed by atoms with Crippen molar-refractivity contribution in [2.75, 3.05) is 26.1 Å².